The van der Waals surface area contributed by atoms with Crippen molar-refractivity contribution >= 4 is 6.03 Å². The number of carbonyl (C=O) groups is 1. The van der Waals surface area contributed by atoms with E-state index in [-0.39, 0.29) is 12.6 Å². The van der Waals surface area contributed by atoms with Crippen LogP contribution >= 0.6 is 0 Å². The van der Waals surface area contributed by atoms with Gasteiger partial charge in [0.2, 0.25) is 0 Å². The molecule has 0 saturated carbocycles. The van der Waals surface area contributed by atoms with Gasteiger partial charge < -0.3 is 15.3 Å². The lowest BCUT2D eigenvalue weighted by Gasteiger charge is -2.31. The van der Waals surface area contributed by atoms with Crippen molar-refractivity contribution in [1.29, 1.82) is 0 Å². The van der Waals surface area contributed by atoms with Crippen LogP contribution < -0.4 is 5.32 Å². The molecule has 2 amide bonds. The minimum Gasteiger partial charge on any atom is -0.396 e. The number of aliphatic hydroxyl groups excluding tert-OH is 1. The average molecular weight is 345 g/mol. The molecule has 0 bridgehead atoms. The van der Waals surface area contributed by atoms with Crippen LogP contribution in [0.5, 0.6) is 0 Å². The zero-order valence-electron chi connectivity index (χ0n) is 15.1. The first kappa shape index (κ1) is 18.2. The Morgan fingerprint density at radius 2 is 1.72 bits per heavy atom. The summed E-state index contributed by atoms with van der Waals surface area (Å²) in [6.07, 6.45) is 5.73. The van der Waals surface area contributed by atoms with E-state index in [0.29, 0.717) is 12.5 Å². The van der Waals surface area contributed by atoms with E-state index in [4.69, 9.17) is 0 Å². The van der Waals surface area contributed by atoms with Gasteiger partial charge in [-0.05, 0) is 55.8 Å². The molecule has 138 valence electrons. The quantitative estimate of drug-likeness (QED) is 0.862. The van der Waals surface area contributed by atoms with Gasteiger partial charge in [-0.25, -0.2) is 4.79 Å². The average Bonchev–Trinajstić information content (AvgIpc) is 2.68. The number of hydrogen-bond acceptors (Lipinski definition) is 3. The van der Waals surface area contributed by atoms with Crippen LogP contribution in [0.4, 0.5) is 4.79 Å². The van der Waals surface area contributed by atoms with Gasteiger partial charge >= 0.3 is 6.03 Å². The zero-order valence-corrected chi connectivity index (χ0v) is 15.1. The standard InChI is InChI=1S/C20H31N3O2/c24-16-17-8-12-23(13-9-17)20(25)21-14-18-6-2-3-7-19(18)15-22-10-4-1-5-11-22/h2-3,6-7,17,24H,1,4-5,8-16H2,(H,21,25). The summed E-state index contributed by atoms with van der Waals surface area (Å²) in [5, 5.41) is 12.3. The predicted octanol–water partition coefficient (Wildman–Crippen LogP) is 2.59. The first-order valence-electron chi connectivity index (χ1n) is 9.69. The molecule has 3 rings (SSSR count). The van der Waals surface area contributed by atoms with Gasteiger partial charge in [0.25, 0.3) is 0 Å². The predicted molar refractivity (Wildman–Crippen MR) is 99.2 cm³/mol. The van der Waals surface area contributed by atoms with Gasteiger partial charge in [0.1, 0.15) is 0 Å². The van der Waals surface area contributed by atoms with E-state index in [1.807, 2.05) is 11.0 Å². The summed E-state index contributed by atoms with van der Waals surface area (Å²) < 4.78 is 0. The first-order valence-corrected chi connectivity index (χ1v) is 9.69. The molecule has 2 heterocycles. The van der Waals surface area contributed by atoms with Gasteiger partial charge in [-0.2, -0.15) is 0 Å². The number of nitrogens with zero attached hydrogens (tertiary/aromatic N) is 2. The number of hydrogen-bond donors (Lipinski definition) is 2. The van der Waals surface area contributed by atoms with Crippen LogP contribution in [0.2, 0.25) is 0 Å². The normalized spacial score (nSPS) is 19.8. The fraction of sp³-hybridized carbons (Fsp3) is 0.650. The number of likely N-dealkylation sites (tertiary alicyclic amines) is 2. The van der Waals surface area contributed by atoms with E-state index >= 15 is 0 Å². The van der Waals surface area contributed by atoms with Crippen LogP contribution in [0.1, 0.15) is 43.2 Å². The smallest absolute Gasteiger partial charge is 0.317 e. The molecule has 2 aliphatic heterocycles. The number of carbonyl (C=O) groups excluding carboxylic acids is 1. The van der Waals surface area contributed by atoms with Crippen molar-refractivity contribution in [2.75, 3.05) is 32.8 Å². The molecule has 1 aromatic rings. The molecule has 5 heteroatoms. The summed E-state index contributed by atoms with van der Waals surface area (Å²) in [6, 6.07) is 8.46. The Morgan fingerprint density at radius 3 is 2.40 bits per heavy atom. The molecule has 2 saturated heterocycles. The fourth-order valence-electron chi connectivity index (χ4n) is 3.84. The van der Waals surface area contributed by atoms with Crippen LogP contribution in [0.15, 0.2) is 24.3 Å². The first-order chi connectivity index (χ1) is 12.3. The Bertz CT molecular complexity index is 550. The van der Waals surface area contributed by atoms with E-state index in [1.54, 1.807) is 0 Å². The van der Waals surface area contributed by atoms with Crippen LogP contribution in [-0.2, 0) is 13.1 Å². The molecule has 0 aliphatic carbocycles. The second-order valence-corrected chi connectivity index (χ2v) is 7.38. The number of piperidine rings is 2. The Kier molecular flexibility index (Phi) is 6.70. The molecule has 0 spiro atoms. The van der Waals surface area contributed by atoms with Gasteiger partial charge in [-0.15, -0.1) is 0 Å². The molecular weight excluding hydrogens is 314 g/mol. The van der Waals surface area contributed by atoms with Crippen molar-refractivity contribution in [3.63, 3.8) is 0 Å². The van der Waals surface area contributed by atoms with Crippen molar-refractivity contribution in [3.05, 3.63) is 35.4 Å². The molecule has 2 N–H and O–H groups in total. The summed E-state index contributed by atoms with van der Waals surface area (Å²) in [7, 11) is 0. The molecule has 2 fully saturated rings. The maximum atomic E-state index is 12.4. The molecule has 0 radical (unpaired) electrons. The summed E-state index contributed by atoms with van der Waals surface area (Å²) in [5.41, 5.74) is 2.54. The zero-order chi connectivity index (χ0) is 17.5. The van der Waals surface area contributed by atoms with E-state index < -0.39 is 0 Å². The van der Waals surface area contributed by atoms with Crippen LogP contribution in [0.25, 0.3) is 0 Å². The Balaban J connectivity index is 1.51. The Labute approximate surface area is 151 Å². The number of benzene rings is 1. The highest BCUT2D eigenvalue weighted by molar-refractivity contribution is 5.74. The summed E-state index contributed by atoms with van der Waals surface area (Å²) in [4.78, 5) is 16.8. The SMILES string of the molecule is O=C(NCc1ccccc1CN1CCCCC1)N1CCC(CO)CC1. The molecule has 5 nitrogen and oxygen atoms in total. The summed E-state index contributed by atoms with van der Waals surface area (Å²) in [6.45, 7) is 5.65. The fourth-order valence-corrected chi connectivity index (χ4v) is 3.84. The molecule has 2 aliphatic rings. The highest BCUT2D eigenvalue weighted by Gasteiger charge is 2.22. The van der Waals surface area contributed by atoms with Gasteiger partial charge in [0.05, 0.1) is 0 Å². The maximum absolute atomic E-state index is 12.4. The number of aliphatic hydroxyl groups is 1. The highest BCUT2D eigenvalue weighted by atomic mass is 16.3. The largest absolute Gasteiger partial charge is 0.396 e. The molecule has 0 atom stereocenters. The van der Waals surface area contributed by atoms with Crippen LogP contribution in [-0.4, -0.2) is 53.7 Å². The monoisotopic (exact) mass is 345 g/mol. The van der Waals surface area contributed by atoms with Crippen molar-refractivity contribution in [2.45, 2.75) is 45.2 Å². The Morgan fingerprint density at radius 1 is 1.04 bits per heavy atom. The Hall–Kier alpha value is -1.59. The summed E-state index contributed by atoms with van der Waals surface area (Å²) >= 11 is 0. The molecule has 0 aromatic heterocycles. The van der Waals surface area contributed by atoms with E-state index in [9.17, 15) is 9.90 Å². The number of urea groups is 1. The second-order valence-electron chi connectivity index (χ2n) is 7.38. The molecule has 0 unspecified atom stereocenters. The summed E-state index contributed by atoms with van der Waals surface area (Å²) in [5.74, 6) is 0.356. The molecule has 1 aromatic carbocycles. The minimum atomic E-state index is 0.0177. The van der Waals surface area contributed by atoms with E-state index in [0.717, 1.165) is 32.5 Å². The van der Waals surface area contributed by atoms with Crippen molar-refractivity contribution in [1.82, 2.24) is 15.1 Å². The van der Waals surface area contributed by atoms with E-state index in [1.165, 1.54) is 43.5 Å². The van der Waals surface area contributed by atoms with Crippen molar-refractivity contribution in [3.8, 4) is 0 Å². The third-order valence-electron chi connectivity index (χ3n) is 5.55. The topological polar surface area (TPSA) is 55.8 Å². The number of nitrogens with one attached hydrogen (secondary N) is 1. The number of amides is 2. The third-order valence-corrected chi connectivity index (χ3v) is 5.55. The van der Waals surface area contributed by atoms with Crippen molar-refractivity contribution in [2.24, 2.45) is 5.92 Å². The number of rotatable bonds is 5. The maximum Gasteiger partial charge on any atom is 0.317 e. The lowest BCUT2D eigenvalue weighted by molar-refractivity contribution is 0.137. The van der Waals surface area contributed by atoms with E-state index in [2.05, 4.69) is 28.4 Å². The molecule has 25 heavy (non-hydrogen) atoms. The molecular formula is C20H31N3O2. The lowest BCUT2D eigenvalue weighted by atomic mass is 9.98. The van der Waals surface area contributed by atoms with Crippen molar-refractivity contribution < 1.29 is 9.90 Å². The van der Waals surface area contributed by atoms with Gasteiger partial charge in [-0.3, -0.25) is 4.90 Å². The minimum absolute atomic E-state index is 0.0177. The second kappa shape index (κ2) is 9.20. The third kappa shape index (κ3) is 5.19. The van der Waals surface area contributed by atoms with Crippen LogP contribution in [0.3, 0.4) is 0 Å². The van der Waals surface area contributed by atoms with Gasteiger partial charge in [0.15, 0.2) is 0 Å². The van der Waals surface area contributed by atoms with Gasteiger partial charge in [-0.1, -0.05) is 30.7 Å². The van der Waals surface area contributed by atoms with Crippen LogP contribution in [0, 0.1) is 5.92 Å². The lowest BCUT2D eigenvalue weighted by Crippen LogP contribution is -2.44. The van der Waals surface area contributed by atoms with Gasteiger partial charge in [0, 0.05) is 32.8 Å². The highest BCUT2D eigenvalue weighted by Crippen LogP contribution is 2.18.